The number of nitrogens with zero attached hydrogens (tertiary/aromatic N) is 3. The Morgan fingerprint density at radius 1 is 1.40 bits per heavy atom. The summed E-state index contributed by atoms with van der Waals surface area (Å²) in [6, 6.07) is 8.92. The summed E-state index contributed by atoms with van der Waals surface area (Å²) in [5.41, 5.74) is 9.63. The number of aliphatic hydroxyl groups is 1. The van der Waals surface area contributed by atoms with Crippen molar-refractivity contribution in [2.45, 2.75) is 37.3 Å². The summed E-state index contributed by atoms with van der Waals surface area (Å²) >= 11 is 0. The molecule has 3 rings (SSSR count). The minimum absolute atomic E-state index is 0.286. The molecule has 2 saturated heterocycles. The summed E-state index contributed by atoms with van der Waals surface area (Å²) in [4.78, 5) is 2.79. The van der Waals surface area contributed by atoms with Crippen molar-refractivity contribution in [2.24, 2.45) is 5.11 Å². The smallest absolute Gasteiger partial charge is 0.169 e. The molecular weight excluding hydrogens is 262 g/mol. The van der Waals surface area contributed by atoms with E-state index in [0.717, 1.165) is 5.56 Å². The zero-order chi connectivity index (χ0) is 13.9. The van der Waals surface area contributed by atoms with Crippen molar-refractivity contribution in [3.05, 3.63) is 46.3 Å². The molecule has 0 aromatic heterocycles. The summed E-state index contributed by atoms with van der Waals surface area (Å²) in [7, 11) is 0. The third-order valence-electron chi connectivity index (χ3n) is 3.54. The second-order valence-electron chi connectivity index (χ2n) is 4.82. The Morgan fingerprint density at radius 3 is 2.95 bits per heavy atom. The van der Waals surface area contributed by atoms with E-state index in [0.29, 0.717) is 6.61 Å². The Labute approximate surface area is 115 Å². The van der Waals surface area contributed by atoms with Crippen molar-refractivity contribution in [1.29, 1.82) is 0 Å². The van der Waals surface area contributed by atoms with E-state index in [2.05, 4.69) is 10.0 Å². The van der Waals surface area contributed by atoms with E-state index in [1.54, 1.807) is 0 Å². The predicted molar refractivity (Wildman–Crippen MR) is 68.6 cm³/mol. The summed E-state index contributed by atoms with van der Waals surface area (Å²) < 4.78 is 16.6. The first-order valence-electron chi connectivity index (χ1n) is 6.44. The van der Waals surface area contributed by atoms with Gasteiger partial charge in [-0.1, -0.05) is 35.4 Å². The number of fused-ring (bicyclic) bond motifs is 2. The summed E-state index contributed by atoms with van der Waals surface area (Å²) in [5, 5.41) is 13.9. The van der Waals surface area contributed by atoms with E-state index >= 15 is 0 Å². The lowest BCUT2D eigenvalue weighted by molar-refractivity contribution is -0.195. The zero-order valence-corrected chi connectivity index (χ0v) is 10.7. The second-order valence-corrected chi connectivity index (χ2v) is 4.82. The zero-order valence-electron chi connectivity index (χ0n) is 10.7. The quantitative estimate of drug-likeness (QED) is 0.510. The molecule has 2 unspecified atom stereocenters. The highest BCUT2D eigenvalue weighted by atomic mass is 16.7. The fourth-order valence-corrected chi connectivity index (χ4v) is 2.51. The molecule has 7 nitrogen and oxygen atoms in total. The molecule has 0 aliphatic carbocycles. The molecule has 2 fully saturated rings. The van der Waals surface area contributed by atoms with Gasteiger partial charge in [0.2, 0.25) is 0 Å². The number of hydrogen-bond donors (Lipinski definition) is 1. The Bertz CT molecular complexity index is 506. The van der Waals surface area contributed by atoms with Crippen LogP contribution < -0.4 is 0 Å². The number of ether oxygens (including phenoxy) is 3. The van der Waals surface area contributed by atoms with Crippen LogP contribution >= 0.6 is 0 Å². The average Bonchev–Trinajstić information content (AvgIpc) is 2.92. The van der Waals surface area contributed by atoms with Crippen LogP contribution in [0.4, 0.5) is 0 Å². The largest absolute Gasteiger partial charge is 0.388 e. The predicted octanol–water partition coefficient (Wildman–Crippen LogP) is 1.37. The van der Waals surface area contributed by atoms with Crippen molar-refractivity contribution < 1.29 is 19.3 Å². The molecule has 2 aliphatic rings. The molecule has 2 bridgehead atoms. The number of hydrogen-bond acceptors (Lipinski definition) is 5. The topological polar surface area (TPSA) is 96.7 Å². The average molecular weight is 277 g/mol. The van der Waals surface area contributed by atoms with Gasteiger partial charge in [-0.15, -0.1) is 0 Å². The fourth-order valence-electron chi connectivity index (χ4n) is 2.51. The molecule has 1 N–H and O–H groups in total. The lowest BCUT2D eigenvalue weighted by atomic mass is 9.99. The number of rotatable bonds is 4. The molecule has 0 spiro atoms. The molecule has 0 radical (unpaired) electrons. The minimum Gasteiger partial charge on any atom is -0.388 e. The Balaban J connectivity index is 1.73. The molecule has 0 amide bonds. The normalized spacial score (nSPS) is 35.5. The van der Waals surface area contributed by atoms with Gasteiger partial charge in [0.25, 0.3) is 0 Å². The van der Waals surface area contributed by atoms with E-state index in [4.69, 9.17) is 19.7 Å². The number of azide groups is 1. The first-order chi connectivity index (χ1) is 9.79. The lowest BCUT2D eigenvalue weighted by Gasteiger charge is -2.36. The summed E-state index contributed by atoms with van der Waals surface area (Å²) in [5.74, 6) is 0. The van der Waals surface area contributed by atoms with Gasteiger partial charge in [0, 0.05) is 4.91 Å². The summed E-state index contributed by atoms with van der Waals surface area (Å²) in [6.07, 6.45) is -2.56. The molecule has 2 heterocycles. The van der Waals surface area contributed by atoms with Gasteiger partial charge in [-0.25, -0.2) is 0 Å². The van der Waals surface area contributed by atoms with Crippen LogP contribution in [0.15, 0.2) is 35.4 Å². The van der Waals surface area contributed by atoms with Gasteiger partial charge >= 0.3 is 0 Å². The first-order valence-corrected chi connectivity index (χ1v) is 6.44. The molecule has 1 aromatic carbocycles. The van der Waals surface area contributed by atoms with Crippen LogP contribution in [0.25, 0.3) is 10.4 Å². The lowest BCUT2D eigenvalue weighted by Crippen LogP contribution is -2.54. The second kappa shape index (κ2) is 5.78. The third kappa shape index (κ3) is 2.49. The van der Waals surface area contributed by atoms with Crippen LogP contribution in [0.1, 0.15) is 5.56 Å². The molecule has 2 aliphatic heterocycles. The van der Waals surface area contributed by atoms with E-state index in [1.165, 1.54) is 0 Å². The Morgan fingerprint density at radius 2 is 2.20 bits per heavy atom. The van der Waals surface area contributed by atoms with E-state index < -0.39 is 30.6 Å². The highest BCUT2D eigenvalue weighted by molar-refractivity contribution is 5.13. The number of aliphatic hydroxyl groups excluding tert-OH is 1. The van der Waals surface area contributed by atoms with Crippen LogP contribution in [0.3, 0.4) is 0 Å². The maximum atomic E-state index is 10.2. The van der Waals surface area contributed by atoms with E-state index in [-0.39, 0.29) is 6.61 Å². The molecule has 0 saturated carbocycles. The monoisotopic (exact) mass is 277 g/mol. The molecule has 106 valence electrons. The molecule has 5 atom stereocenters. The van der Waals surface area contributed by atoms with Crippen LogP contribution in [-0.4, -0.2) is 42.4 Å². The van der Waals surface area contributed by atoms with Gasteiger partial charge in [-0.05, 0) is 11.1 Å². The number of benzene rings is 1. The fraction of sp³-hybridized carbons (Fsp3) is 0.538. The van der Waals surface area contributed by atoms with Crippen molar-refractivity contribution >= 4 is 0 Å². The van der Waals surface area contributed by atoms with Crippen LogP contribution in [0, 0.1) is 0 Å². The van der Waals surface area contributed by atoms with Crippen LogP contribution in [0.5, 0.6) is 0 Å². The molecular formula is C13H15N3O4. The first kappa shape index (κ1) is 13.4. The summed E-state index contributed by atoms with van der Waals surface area (Å²) in [6.45, 7) is 0.619. The standard InChI is InChI=1S/C13H15N3O4/c14-16-15-10-12(11(17)9-7-19-13(10)20-9)18-6-8-4-2-1-3-5-8/h1-5,9-13,17H,6-7H2/t9?,10-,11-,12-,13?/m1/s1. The highest BCUT2D eigenvalue weighted by Gasteiger charge is 2.50. The third-order valence-corrected chi connectivity index (χ3v) is 3.54. The molecule has 1 aromatic rings. The van der Waals surface area contributed by atoms with Crippen LogP contribution in [-0.2, 0) is 20.8 Å². The maximum absolute atomic E-state index is 10.2. The maximum Gasteiger partial charge on any atom is 0.169 e. The Kier molecular flexibility index (Phi) is 3.86. The molecule has 20 heavy (non-hydrogen) atoms. The van der Waals surface area contributed by atoms with Crippen molar-refractivity contribution in [3.63, 3.8) is 0 Å². The highest BCUT2D eigenvalue weighted by Crippen LogP contribution is 2.32. The SMILES string of the molecule is [N-]=[N+]=N[C@H]1C2OCC(O2)[C@@H](O)[C@@H]1OCc1ccccc1. The van der Waals surface area contributed by atoms with E-state index in [9.17, 15) is 5.11 Å². The van der Waals surface area contributed by atoms with Gasteiger partial charge in [0.1, 0.15) is 18.2 Å². The van der Waals surface area contributed by atoms with Gasteiger partial charge in [-0.3, -0.25) is 0 Å². The van der Waals surface area contributed by atoms with Crippen molar-refractivity contribution in [1.82, 2.24) is 0 Å². The minimum atomic E-state index is -0.868. The van der Waals surface area contributed by atoms with Gasteiger partial charge in [-0.2, -0.15) is 0 Å². The van der Waals surface area contributed by atoms with Gasteiger partial charge < -0.3 is 19.3 Å². The van der Waals surface area contributed by atoms with Crippen molar-refractivity contribution in [3.8, 4) is 0 Å². The van der Waals surface area contributed by atoms with Crippen LogP contribution in [0.2, 0.25) is 0 Å². The van der Waals surface area contributed by atoms with E-state index in [1.807, 2.05) is 30.3 Å². The molecule has 7 heteroatoms. The van der Waals surface area contributed by atoms with Gasteiger partial charge in [0.15, 0.2) is 6.29 Å². The van der Waals surface area contributed by atoms with Gasteiger partial charge in [0.05, 0.1) is 19.3 Å². The Hall–Kier alpha value is -1.63. The van der Waals surface area contributed by atoms with Crippen molar-refractivity contribution in [2.75, 3.05) is 6.61 Å².